The first-order valence-electron chi connectivity index (χ1n) is 4.27. The van der Waals surface area contributed by atoms with Gasteiger partial charge in [-0.25, -0.2) is 0 Å². The van der Waals surface area contributed by atoms with Gasteiger partial charge in [0.1, 0.15) is 0 Å². The summed E-state index contributed by atoms with van der Waals surface area (Å²) >= 11 is 0. The Morgan fingerprint density at radius 1 is 1.31 bits per heavy atom. The zero-order valence-corrected chi connectivity index (χ0v) is 7.91. The second kappa shape index (κ2) is 4.81. The molecule has 0 spiro atoms. The maximum absolute atomic E-state index is 11.7. The van der Waals surface area contributed by atoms with Gasteiger partial charge < -0.3 is 10.4 Å². The number of nitrogens with one attached hydrogen (secondary N) is 1. The first-order valence-corrected chi connectivity index (χ1v) is 4.27. The van der Waals surface area contributed by atoms with E-state index in [-0.39, 0.29) is 13.1 Å². The van der Waals surface area contributed by atoms with Gasteiger partial charge in [-0.15, -0.1) is 0 Å². The van der Waals surface area contributed by atoms with E-state index in [9.17, 15) is 18.3 Å². The lowest BCUT2D eigenvalue weighted by Crippen LogP contribution is -2.38. The average molecular weight is 199 g/mol. The Labute approximate surface area is 76.1 Å². The number of hydrogen-bond acceptors (Lipinski definition) is 2. The van der Waals surface area contributed by atoms with Crippen molar-refractivity contribution in [2.45, 2.75) is 38.5 Å². The van der Waals surface area contributed by atoms with Crippen molar-refractivity contribution >= 4 is 0 Å². The molecule has 2 N–H and O–H groups in total. The average Bonchev–Trinajstić information content (AvgIpc) is 1.97. The topological polar surface area (TPSA) is 32.3 Å². The molecule has 5 heteroatoms. The zero-order valence-electron chi connectivity index (χ0n) is 7.91. The minimum absolute atomic E-state index is 0.139. The number of halogens is 3. The first kappa shape index (κ1) is 12.7. The molecule has 0 saturated heterocycles. The van der Waals surface area contributed by atoms with Gasteiger partial charge in [0.05, 0.1) is 12.0 Å². The van der Waals surface area contributed by atoms with Gasteiger partial charge in [-0.3, -0.25) is 0 Å². The van der Waals surface area contributed by atoms with Gasteiger partial charge >= 0.3 is 6.18 Å². The SMILES string of the molecule is CCC(C)(O)CNCCC(F)(F)F. The molecule has 0 fully saturated rings. The van der Waals surface area contributed by atoms with Crippen LogP contribution in [0.25, 0.3) is 0 Å². The molecular weight excluding hydrogens is 183 g/mol. The van der Waals surface area contributed by atoms with E-state index in [1.165, 1.54) is 0 Å². The van der Waals surface area contributed by atoms with Crippen molar-refractivity contribution in [2.24, 2.45) is 0 Å². The summed E-state index contributed by atoms with van der Waals surface area (Å²) in [6.07, 6.45) is -4.45. The molecule has 0 radical (unpaired) electrons. The lowest BCUT2D eigenvalue weighted by molar-refractivity contribution is -0.133. The third kappa shape index (κ3) is 8.05. The van der Waals surface area contributed by atoms with Gasteiger partial charge in [0.2, 0.25) is 0 Å². The highest BCUT2D eigenvalue weighted by Gasteiger charge is 2.26. The van der Waals surface area contributed by atoms with Crippen molar-refractivity contribution in [3.63, 3.8) is 0 Å². The van der Waals surface area contributed by atoms with E-state index < -0.39 is 18.2 Å². The summed E-state index contributed by atoms with van der Waals surface area (Å²) in [6.45, 7) is 3.43. The van der Waals surface area contributed by atoms with E-state index >= 15 is 0 Å². The Bertz CT molecular complexity index is 145. The lowest BCUT2D eigenvalue weighted by Gasteiger charge is -2.21. The second-order valence-electron chi connectivity index (χ2n) is 3.39. The van der Waals surface area contributed by atoms with Crippen molar-refractivity contribution in [3.8, 4) is 0 Å². The molecule has 0 saturated carbocycles. The van der Waals surface area contributed by atoms with Crippen LogP contribution in [0, 0.1) is 0 Å². The zero-order chi connectivity index (χ0) is 10.5. The molecule has 2 nitrogen and oxygen atoms in total. The number of rotatable bonds is 5. The molecule has 0 amide bonds. The fraction of sp³-hybridized carbons (Fsp3) is 1.00. The van der Waals surface area contributed by atoms with Crippen LogP contribution >= 0.6 is 0 Å². The summed E-state index contributed by atoms with van der Waals surface area (Å²) in [4.78, 5) is 0. The van der Waals surface area contributed by atoms with Crippen LogP contribution in [0.15, 0.2) is 0 Å². The number of alkyl halides is 3. The highest BCUT2D eigenvalue weighted by Crippen LogP contribution is 2.18. The molecule has 0 aromatic heterocycles. The van der Waals surface area contributed by atoms with Crippen LogP contribution in [-0.2, 0) is 0 Å². The molecule has 13 heavy (non-hydrogen) atoms. The summed E-state index contributed by atoms with van der Waals surface area (Å²) in [5, 5.41) is 12.0. The Morgan fingerprint density at radius 2 is 1.85 bits per heavy atom. The second-order valence-corrected chi connectivity index (χ2v) is 3.39. The third-order valence-corrected chi connectivity index (χ3v) is 1.85. The monoisotopic (exact) mass is 199 g/mol. The minimum atomic E-state index is -4.12. The number of hydrogen-bond donors (Lipinski definition) is 2. The lowest BCUT2D eigenvalue weighted by atomic mass is 10.0. The van der Waals surface area contributed by atoms with E-state index in [0.717, 1.165) is 0 Å². The van der Waals surface area contributed by atoms with Crippen LogP contribution in [0.2, 0.25) is 0 Å². The molecule has 0 aromatic carbocycles. The van der Waals surface area contributed by atoms with E-state index in [1.807, 2.05) is 0 Å². The molecule has 0 heterocycles. The van der Waals surface area contributed by atoms with Crippen LogP contribution in [0.3, 0.4) is 0 Å². The summed E-state index contributed by atoms with van der Waals surface area (Å²) in [7, 11) is 0. The molecule has 0 aliphatic heterocycles. The predicted molar refractivity (Wildman–Crippen MR) is 44.5 cm³/mol. The maximum Gasteiger partial charge on any atom is 0.390 e. The van der Waals surface area contributed by atoms with Crippen LogP contribution in [-0.4, -0.2) is 30.0 Å². The minimum Gasteiger partial charge on any atom is -0.389 e. The van der Waals surface area contributed by atoms with Crippen molar-refractivity contribution in [3.05, 3.63) is 0 Å². The van der Waals surface area contributed by atoms with Gasteiger partial charge in [0.15, 0.2) is 0 Å². The smallest absolute Gasteiger partial charge is 0.389 e. The van der Waals surface area contributed by atoms with E-state index in [4.69, 9.17) is 0 Å². The summed E-state index contributed by atoms with van der Waals surface area (Å²) in [5.74, 6) is 0. The molecule has 80 valence electrons. The van der Waals surface area contributed by atoms with E-state index in [2.05, 4.69) is 5.32 Å². The molecular formula is C8H16F3NO. The van der Waals surface area contributed by atoms with Crippen LogP contribution in [0.5, 0.6) is 0 Å². The van der Waals surface area contributed by atoms with Crippen LogP contribution in [0.1, 0.15) is 26.7 Å². The Kier molecular flexibility index (Phi) is 4.70. The van der Waals surface area contributed by atoms with Gasteiger partial charge in [0.25, 0.3) is 0 Å². The van der Waals surface area contributed by atoms with Crippen LogP contribution < -0.4 is 5.32 Å². The third-order valence-electron chi connectivity index (χ3n) is 1.85. The van der Waals surface area contributed by atoms with Crippen LogP contribution in [0.4, 0.5) is 13.2 Å². The molecule has 0 rings (SSSR count). The van der Waals surface area contributed by atoms with E-state index in [1.54, 1.807) is 13.8 Å². The molecule has 1 unspecified atom stereocenters. The molecule has 0 aromatic rings. The molecule has 0 aliphatic carbocycles. The Hall–Kier alpha value is -0.290. The highest BCUT2D eigenvalue weighted by atomic mass is 19.4. The largest absolute Gasteiger partial charge is 0.390 e. The summed E-state index contributed by atoms with van der Waals surface area (Å²) in [5.41, 5.74) is -0.911. The van der Waals surface area contributed by atoms with Crippen molar-refractivity contribution < 1.29 is 18.3 Å². The van der Waals surface area contributed by atoms with Gasteiger partial charge in [-0.2, -0.15) is 13.2 Å². The standard InChI is InChI=1S/C8H16F3NO/c1-3-7(2,13)6-12-5-4-8(9,10)11/h12-13H,3-6H2,1-2H3. The maximum atomic E-state index is 11.7. The molecule has 0 aliphatic rings. The van der Waals surface area contributed by atoms with Crippen molar-refractivity contribution in [1.82, 2.24) is 5.32 Å². The van der Waals surface area contributed by atoms with E-state index in [0.29, 0.717) is 6.42 Å². The quantitative estimate of drug-likeness (QED) is 0.660. The Morgan fingerprint density at radius 3 is 2.23 bits per heavy atom. The van der Waals surface area contributed by atoms with Gasteiger partial charge in [-0.05, 0) is 13.3 Å². The predicted octanol–water partition coefficient (Wildman–Crippen LogP) is 1.69. The normalized spacial score (nSPS) is 17.1. The van der Waals surface area contributed by atoms with Gasteiger partial charge in [0, 0.05) is 13.1 Å². The fourth-order valence-electron chi connectivity index (χ4n) is 0.713. The Balaban J connectivity index is 3.47. The van der Waals surface area contributed by atoms with Crippen molar-refractivity contribution in [1.29, 1.82) is 0 Å². The van der Waals surface area contributed by atoms with Crippen molar-refractivity contribution in [2.75, 3.05) is 13.1 Å². The number of aliphatic hydroxyl groups is 1. The summed E-state index contributed by atoms with van der Waals surface area (Å²) in [6, 6.07) is 0. The fourth-order valence-corrected chi connectivity index (χ4v) is 0.713. The molecule has 0 bridgehead atoms. The summed E-state index contributed by atoms with van der Waals surface area (Å²) < 4.78 is 35.0. The van der Waals surface area contributed by atoms with Gasteiger partial charge in [-0.1, -0.05) is 6.92 Å². The first-order chi connectivity index (χ1) is 5.77. The molecule has 1 atom stereocenters. The highest BCUT2D eigenvalue weighted by molar-refractivity contribution is 4.73.